The Hall–Kier alpha value is -1.22. The minimum Gasteiger partial charge on any atom is -0.316 e. The lowest BCUT2D eigenvalue weighted by Gasteiger charge is -2.26. The summed E-state index contributed by atoms with van der Waals surface area (Å²) in [7, 11) is 0. The number of hydrogen-bond acceptors (Lipinski definition) is 1. The summed E-state index contributed by atoms with van der Waals surface area (Å²) < 4.78 is 27.2. The molecule has 0 saturated heterocycles. The summed E-state index contributed by atoms with van der Waals surface area (Å²) in [4.78, 5) is 0. The molecule has 0 aliphatic carbocycles. The van der Waals surface area contributed by atoms with Gasteiger partial charge in [-0.1, -0.05) is 26.0 Å². The molecule has 1 atom stereocenters. The maximum Gasteiger partial charge on any atom is 0.129 e. The fraction of sp³-hybridized carbons (Fsp3) is 0.467. The Bertz CT molecular complexity index is 383. The van der Waals surface area contributed by atoms with Gasteiger partial charge in [0, 0.05) is 17.5 Å². The summed E-state index contributed by atoms with van der Waals surface area (Å²) >= 11 is 0. The van der Waals surface area contributed by atoms with Crippen molar-refractivity contribution in [3.63, 3.8) is 0 Å². The first-order chi connectivity index (χ1) is 8.52. The molecule has 0 aromatic heterocycles. The number of halogens is 2. The van der Waals surface area contributed by atoms with E-state index in [0.29, 0.717) is 13.0 Å². The maximum absolute atomic E-state index is 13.6. The average molecular weight is 253 g/mol. The van der Waals surface area contributed by atoms with Crippen molar-refractivity contribution in [2.45, 2.75) is 26.7 Å². The van der Waals surface area contributed by atoms with E-state index >= 15 is 0 Å². The van der Waals surface area contributed by atoms with Gasteiger partial charge in [-0.3, -0.25) is 0 Å². The molecule has 100 valence electrons. The molecular weight excluding hydrogens is 232 g/mol. The molecule has 0 bridgehead atoms. The zero-order valence-electron chi connectivity index (χ0n) is 11.1. The summed E-state index contributed by atoms with van der Waals surface area (Å²) in [6, 6.07) is 3.97. The molecule has 1 aromatic carbocycles. The Labute approximate surface area is 108 Å². The van der Waals surface area contributed by atoms with Gasteiger partial charge < -0.3 is 5.32 Å². The summed E-state index contributed by atoms with van der Waals surface area (Å²) in [5.41, 5.74) is -0.212. The van der Waals surface area contributed by atoms with Gasteiger partial charge >= 0.3 is 0 Å². The van der Waals surface area contributed by atoms with Gasteiger partial charge in [0.2, 0.25) is 0 Å². The molecule has 1 nitrogen and oxygen atoms in total. The highest BCUT2D eigenvalue weighted by molar-refractivity contribution is 5.22. The first kappa shape index (κ1) is 14.8. The van der Waals surface area contributed by atoms with Crippen LogP contribution in [0.1, 0.15) is 25.8 Å². The van der Waals surface area contributed by atoms with Crippen LogP contribution in [-0.4, -0.2) is 13.1 Å². The van der Waals surface area contributed by atoms with Crippen LogP contribution in [0.5, 0.6) is 0 Å². The van der Waals surface area contributed by atoms with Gasteiger partial charge in [0.1, 0.15) is 11.6 Å². The van der Waals surface area contributed by atoms with Gasteiger partial charge in [0.25, 0.3) is 0 Å². The number of benzene rings is 1. The zero-order chi connectivity index (χ0) is 13.6. The van der Waals surface area contributed by atoms with Crippen LogP contribution in [-0.2, 0) is 6.42 Å². The van der Waals surface area contributed by atoms with Crippen LogP contribution in [0.2, 0.25) is 0 Å². The molecule has 1 rings (SSSR count). The highest BCUT2D eigenvalue weighted by Crippen LogP contribution is 2.26. The van der Waals surface area contributed by atoms with Crippen LogP contribution >= 0.6 is 0 Å². The number of nitrogens with one attached hydrogen (secondary N) is 1. The molecule has 1 unspecified atom stereocenters. The molecule has 0 radical (unpaired) electrons. The van der Waals surface area contributed by atoms with E-state index in [1.54, 1.807) is 6.08 Å². The molecule has 3 heteroatoms. The molecule has 18 heavy (non-hydrogen) atoms. The lowest BCUT2D eigenvalue weighted by atomic mass is 9.83. The molecule has 0 fully saturated rings. The average Bonchev–Trinajstić information content (AvgIpc) is 2.35. The largest absolute Gasteiger partial charge is 0.316 e. The molecule has 0 aliphatic rings. The lowest BCUT2D eigenvalue weighted by molar-refractivity contribution is 0.377. The van der Waals surface area contributed by atoms with Gasteiger partial charge in [-0.05, 0) is 31.5 Å². The maximum atomic E-state index is 13.6. The van der Waals surface area contributed by atoms with E-state index in [1.165, 1.54) is 18.2 Å². The van der Waals surface area contributed by atoms with Crippen LogP contribution in [0.15, 0.2) is 30.9 Å². The van der Waals surface area contributed by atoms with Crippen LogP contribution < -0.4 is 5.32 Å². The zero-order valence-corrected chi connectivity index (χ0v) is 11.1. The van der Waals surface area contributed by atoms with Crippen molar-refractivity contribution in [1.29, 1.82) is 0 Å². The minimum atomic E-state index is -0.487. The number of rotatable bonds is 7. The third kappa shape index (κ3) is 3.91. The van der Waals surface area contributed by atoms with E-state index in [2.05, 4.69) is 18.8 Å². The topological polar surface area (TPSA) is 12.0 Å². The molecular formula is C15H21F2N. The van der Waals surface area contributed by atoms with Crippen molar-refractivity contribution in [3.8, 4) is 0 Å². The van der Waals surface area contributed by atoms with E-state index in [0.717, 1.165) is 13.0 Å². The predicted octanol–water partition coefficient (Wildman–Crippen LogP) is 3.70. The van der Waals surface area contributed by atoms with Crippen LogP contribution in [0, 0.1) is 17.0 Å². The first-order valence-electron chi connectivity index (χ1n) is 6.29. The molecule has 0 spiro atoms. The fourth-order valence-electron chi connectivity index (χ4n) is 1.86. The normalized spacial score (nSPS) is 14.2. The van der Waals surface area contributed by atoms with Crippen molar-refractivity contribution in [1.82, 2.24) is 5.32 Å². The van der Waals surface area contributed by atoms with Crippen molar-refractivity contribution in [2.75, 3.05) is 13.1 Å². The molecule has 0 amide bonds. The number of hydrogen-bond donors (Lipinski definition) is 1. The van der Waals surface area contributed by atoms with Crippen molar-refractivity contribution >= 4 is 0 Å². The van der Waals surface area contributed by atoms with Gasteiger partial charge in [-0.15, -0.1) is 6.58 Å². The highest BCUT2D eigenvalue weighted by atomic mass is 19.1. The van der Waals surface area contributed by atoms with Gasteiger partial charge in [-0.25, -0.2) is 8.78 Å². The predicted molar refractivity (Wildman–Crippen MR) is 71.5 cm³/mol. The summed E-state index contributed by atoms with van der Waals surface area (Å²) in [5, 5.41) is 3.27. The third-order valence-corrected chi connectivity index (χ3v) is 3.09. The van der Waals surface area contributed by atoms with Crippen molar-refractivity contribution in [2.24, 2.45) is 5.41 Å². The van der Waals surface area contributed by atoms with Gasteiger partial charge in [0.05, 0.1) is 0 Å². The Morgan fingerprint density at radius 1 is 1.33 bits per heavy atom. The lowest BCUT2D eigenvalue weighted by Crippen LogP contribution is -2.33. The summed E-state index contributed by atoms with van der Waals surface area (Å²) in [5.74, 6) is -0.975. The van der Waals surface area contributed by atoms with E-state index in [-0.39, 0.29) is 11.0 Å². The second kappa shape index (κ2) is 6.64. The molecule has 1 aromatic rings. The molecule has 0 saturated carbocycles. The quantitative estimate of drug-likeness (QED) is 0.577. The van der Waals surface area contributed by atoms with Crippen LogP contribution in [0.4, 0.5) is 8.78 Å². The highest BCUT2D eigenvalue weighted by Gasteiger charge is 2.24. The van der Waals surface area contributed by atoms with Crippen molar-refractivity contribution < 1.29 is 8.78 Å². The van der Waals surface area contributed by atoms with E-state index in [9.17, 15) is 8.78 Å². The molecule has 0 aliphatic heterocycles. The smallest absolute Gasteiger partial charge is 0.129 e. The minimum absolute atomic E-state index is 0.137. The fourth-order valence-corrected chi connectivity index (χ4v) is 1.86. The van der Waals surface area contributed by atoms with Crippen LogP contribution in [0.25, 0.3) is 0 Å². The molecule has 1 N–H and O–H groups in total. The Morgan fingerprint density at radius 3 is 2.44 bits per heavy atom. The van der Waals surface area contributed by atoms with E-state index < -0.39 is 11.6 Å². The second-order valence-electron chi connectivity index (χ2n) is 4.91. The Balaban J connectivity index is 2.81. The summed E-state index contributed by atoms with van der Waals surface area (Å²) in [6.07, 6.45) is 3.11. The Morgan fingerprint density at radius 2 is 1.94 bits per heavy atom. The Kier molecular flexibility index (Phi) is 5.48. The second-order valence-corrected chi connectivity index (χ2v) is 4.91. The summed E-state index contributed by atoms with van der Waals surface area (Å²) in [6.45, 7) is 9.37. The van der Waals surface area contributed by atoms with Crippen molar-refractivity contribution in [3.05, 3.63) is 48.1 Å². The van der Waals surface area contributed by atoms with E-state index in [1.807, 2.05) is 6.92 Å². The SMILES string of the molecule is C=CC(C)(CNCCC)Cc1c(F)cccc1F. The van der Waals surface area contributed by atoms with Crippen LogP contribution in [0.3, 0.4) is 0 Å². The van der Waals surface area contributed by atoms with Gasteiger partial charge in [0.15, 0.2) is 0 Å². The first-order valence-corrected chi connectivity index (χ1v) is 6.29. The monoisotopic (exact) mass is 253 g/mol. The standard InChI is InChI=1S/C15H21F2N/c1-4-9-18-11-15(3,5-2)10-12-13(16)7-6-8-14(12)17/h5-8,18H,2,4,9-11H2,1,3H3. The van der Waals surface area contributed by atoms with Gasteiger partial charge in [-0.2, -0.15) is 0 Å². The molecule has 0 heterocycles. The third-order valence-electron chi connectivity index (χ3n) is 3.09. The van der Waals surface area contributed by atoms with E-state index in [4.69, 9.17) is 0 Å².